The average molecular weight is 211 g/mol. The number of phenolic OH excluding ortho intramolecular Hbond substituents is 1. The maximum absolute atomic E-state index is 13.0. The van der Waals surface area contributed by atoms with Crippen molar-refractivity contribution in [2.45, 2.75) is 18.4 Å². The van der Waals surface area contributed by atoms with Gasteiger partial charge in [-0.1, -0.05) is 0 Å². The molecule has 1 N–H and O–H groups in total. The topological polar surface area (TPSA) is 49.7 Å². The van der Waals surface area contributed by atoms with Gasteiger partial charge < -0.3 is 5.11 Å². The summed E-state index contributed by atoms with van der Waals surface area (Å²) in [6.45, 7) is 0. The molecule has 0 bridgehead atoms. The van der Waals surface area contributed by atoms with Crippen LogP contribution in [0, 0.1) is 11.6 Å². The maximum atomic E-state index is 13.0. The number of carbonyl (C=O) groups excluding carboxylic acids is 1. The molecule has 0 saturated heterocycles. The number of hydrogen-bond donors (Lipinski definition) is 1. The minimum atomic E-state index is -1.31. The lowest BCUT2D eigenvalue weighted by atomic mass is 10.0. The number of isocyanates is 1. The van der Waals surface area contributed by atoms with E-state index in [-0.39, 0.29) is 5.56 Å². The third-order valence-corrected chi connectivity index (χ3v) is 2.55. The van der Waals surface area contributed by atoms with E-state index in [1.54, 1.807) is 0 Å². The molecule has 0 spiro atoms. The molecule has 1 aromatic rings. The van der Waals surface area contributed by atoms with Crippen LogP contribution >= 0.6 is 0 Å². The molecular weight excluding hydrogens is 204 g/mol. The molecule has 0 aliphatic heterocycles. The highest BCUT2D eigenvalue weighted by molar-refractivity contribution is 5.47. The number of nitrogens with zero attached hydrogens (tertiary/aromatic N) is 1. The summed E-state index contributed by atoms with van der Waals surface area (Å²) >= 11 is 0. The fourth-order valence-corrected chi connectivity index (χ4v) is 1.56. The molecule has 0 aromatic heterocycles. The Balaban J connectivity index is 2.55. The van der Waals surface area contributed by atoms with Gasteiger partial charge in [0.2, 0.25) is 11.9 Å². The Labute approximate surface area is 84.1 Å². The normalized spacial score (nSPS) is 16.9. The summed E-state index contributed by atoms with van der Waals surface area (Å²) in [6.07, 6.45) is 2.44. The number of benzene rings is 1. The lowest BCUT2D eigenvalue weighted by Crippen LogP contribution is -2.04. The monoisotopic (exact) mass is 211 g/mol. The Hall–Kier alpha value is -1.74. The maximum Gasteiger partial charge on any atom is 0.235 e. The highest BCUT2D eigenvalue weighted by Crippen LogP contribution is 2.52. The van der Waals surface area contributed by atoms with Gasteiger partial charge in [0.15, 0.2) is 11.6 Å². The molecule has 78 valence electrons. The van der Waals surface area contributed by atoms with Crippen LogP contribution in [0.15, 0.2) is 17.1 Å². The Kier molecular flexibility index (Phi) is 2.05. The van der Waals surface area contributed by atoms with Gasteiger partial charge in [0.1, 0.15) is 5.54 Å². The minimum absolute atomic E-state index is 0.143. The molecule has 5 heteroatoms. The summed E-state index contributed by atoms with van der Waals surface area (Å²) < 4.78 is 25.7. The Morgan fingerprint density at radius 2 is 2.07 bits per heavy atom. The van der Waals surface area contributed by atoms with Gasteiger partial charge in [-0.15, -0.1) is 0 Å². The van der Waals surface area contributed by atoms with E-state index in [0.29, 0.717) is 12.8 Å². The second-order valence-electron chi connectivity index (χ2n) is 3.49. The number of rotatable bonds is 2. The van der Waals surface area contributed by atoms with Crippen LogP contribution in [0.25, 0.3) is 0 Å². The fraction of sp³-hybridized carbons (Fsp3) is 0.300. The molecule has 0 atom stereocenters. The predicted molar refractivity (Wildman–Crippen MR) is 47.1 cm³/mol. The molecule has 0 heterocycles. The van der Waals surface area contributed by atoms with E-state index in [2.05, 4.69) is 4.99 Å². The zero-order valence-electron chi connectivity index (χ0n) is 7.63. The van der Waals surface area contributed by atoms with Crippen LogP contribution in [-0.2, 0) is 10.3 Å². The van der Waals surface area contributed by atoms with E-state index in [4.69, 9.17) is 0 Å². The van der Waals surface area contributed by atoms with E-state index in [1.807, 2.05) is 0 Å². The second-order valence-corrected chi connectivity index (χ2v) is 3.49. The van der Waals surface area contributed by atoms with Gasteiger partial charge in [0, 0.05) is 5.56 Å². The second kappa shape index (κ2) is 3.14. The molecule has 1 saturated carbocycles. The summed E-state index contributed by atoms with van der Waals surface area (Å²) in [4.78, 5) is 13.7. The van der Waals surface area contributed by atoms with Crippen LogP contribution in [0.3, 0.4) is 0 Å². The lowest BCUT2D eigenvalue weighted by Gasteiger charge is -2.10. The summed E-state index contributed by atoms with van der Waals surface area (Å²) in [5, 5.41) is 9.38. The first kappa shape index (κ1) is 9.80. The smallest absolute Gasteiger partial charge is 0.235 e. The summed E-state index contributed by atoms with van der Waals surface area (Å²) in [6, 6.07) is 2.15. The lowest BCUT2D eigenvalue weighted by molar-refractivity contribution is 0.396. The molecule has 0 unspecified atom stereocenters. The van der Waals surface area contributed by atoms with Crippen molar-refractivity contribution in [3.8, 4) is 5.75 Å². The van der Waals surface area contributed by atoms with Gasteiger partial charge >= 0.3 is 0 Å². The third-order valence-electron chi connectivity index (χ3n) is 2.55. The number of halogens is 2. The number of hydrogen-bond acceptors (Lipinski definition) is 3. The third kappa shape index (κ3) is 1.41. The van der Waals surface area contributed by atoms with Crippen LogP contribution in [0.4, 0.5) is 8.78 Å². The van der Waals surface area contributed by atoms with Gasteiger partial charge in [0.25, 0.3) is 0 Å². The standard InChI is InChI=1S/C10H7F2NO2/c11-7-2-1-6(9(15)8(7)12)10(3-4-10)13-5-14/h1-2,15H,3-4H2. The summed E-state index contributed by atoms with van der Waals surface area (Å²) in [5.41, 5.74) is -0.745. The van der Waals surface area contributed by atoms with Crippen LogP contribution in [0.5, 0.6) is 5.75 Å². The quantitative estimate of drug-likeness (QED) is 0.600. The number of aromatic hydroxyl groups is 1. The Bertz CT molecular complexity index is 463. The summed E-state index contributed by atoms with van der Waals surface area (Å²) in [7, 11) is 0. The van der Waals surface area contributed by atoms with Crippen LogP contribution in [0.1, 0.15) is 18.4 Å². The molecule has 1 aliphatic carbocycles. The van der Waals surface area contributed by atoms with Gasteiger partial charge in [-0.05, 0) is 25.0 Å². The van der Waals surface area contributed by atoms with E-state index >= 15 is 0 Å². The van der Waals surface area contributed by atoms with Crippen molar-refractivity contribution < 1.29 is 18.7 Å². The Morgan fingerprint density at radius 3 is 2.60 bits per heavy atom. The van der Waals surface area contributed by atoms with E-state index < -0.39 is 22.9 Å². The highest BCUT2D eigenvalue weighted by Gasteiger charge is 2.47. The van der Waals surface area contributed by atoms with Crippen molar-refractivity contribution in [3.05, 3.63) is 29.3 Å². The highest BCUT2D eigenvalue weighted by atomic mass is 19.2. The van der Waals surface area contributed by atoms with Crippen molar-refractivity contribution in [2.75, 3.05) is 0 Å². The van der Waals surface area contributed by atoms with Crippen LogP contribution in [-0.4, -0.2) is 11.2 Å². The molecule has 1 aliphatic rings. The number of phenols is 1. The fourth-order valence-electron chi connectivity index (χ4n) is 1.56. The SMILES string of the molecule is O=C=NC1(c2ccc(F)c(F)c2O)CC1. The molecule has 1 fully saturated rings. The van der Waals surface area contributed by atoms with Gasteiger partial charge in [-0.25, -0.2) is 9.18 Å². The minimum Gasteiger partial charge on any atom is -0.504 e. The zero-order chi connectivity index (χ0) is 11.1. The molecule has 0 amide bonds. The Morgan fingerprint density at radius 1 is 1.40 bits per heavy atom. The molecule has 0 radical (unpaired) electrons. The van der Waals surface area contributed by atoms with Gasteiger partial charge in [-0.3, -0.25) is 0 Å². The molecular formula is C10H7F2NO2. The average Bonchev–Trinajstić information content (AvgIpc) is 2.96. The zero-order valence-corrected chi connectivity index (χ0v) is 7.63. The van der Waals surface area contributed by atoms with E-state index in [1.165, 1.54) is 12.1 Å². The van der Waals surface area contributed by atoms with Gasteiger partial charge in [0.05, 0.1) is 0 Å². The van der Waals surface area contributed by atoms with Crippen molar-refractivity contribution in [2.24, 2.45) is 4.99 Å². The first-order valence-electron chi connectivity index (χ1n) is 4.37. The van der Waals surface area contributed by atoms with E-state index in [0.717, 1.165) is 6.07 Å². The van der Waals surface area contributed by atoms with Crippen molar-refractivity contribution in [3.63, 3.8) is 0 Å². The van der Waals surface area contributed by atoms with Gasteiger partial charge in [-0.2, -0.15) is 9.38 Å². The number of aliphatic imine (C=N–C) groups is 1. The predicted octanol–water partition coefficient (Wildman–Crippen LogP) is 2.00. The van der Waals surface area contributed by atoms with Crippen LogP contribution < -0.4 is 0 Å². The van der Waals surface area contributed by atoms with Crippen molar-refractivity contribution in [1.29, 1.82) is 0 Å². The largest absolute Gasteiger partial charge is 0.504 e. The molecule has 2 rings (SSSR count). The summed E-state index contributed by atoms with van der Waals surface area (Å²) in [5.74, 6) is -3.20. The molecule has 15 heavy (non-hydrogen) atoms. The van der Waals surface area contributed by atoms with E-state index in [9.17, 15) is 18.7 Å². The first-order valence-corrected chi connectivity index (χ1v) is 4.37. The first-order chi connectivity index (χ1) is 7.10. The van der Waals surface area contributed by atoms with Crippen molar-refractivity contribution >= 4 is 6.08 Å². The molecule has 3 nitrogen and oxygen atoms in total. The molecule has 1 aromatic carbocycles. The van der Waals surface area contributed by atoms with Crippen LogP contribution in [0.2, 0.25) is 0 Å². The van der Waals surface area contributed by atoms with Crippen molar-refractivity contribution in [1.82, 2.24) is 0 Å².